The van der Waals surface area contributed by atoms with Gasteiger partial charge in [-0.1, -0.05) is 0 Å². The van der Waals surface area contributed by atoms with Crippen LogP contribution in [0.4, 0.5) is 4.39 Å². The van der Waals surface area contributed by atoms with Crippen LogP contribution in [0, 0.1) is 5.82 Å². The molecule has 1 fully saturated rings. The second-order valence-corrected chi connectivity index (χ2v) is 7.64. The summed E-state index contributed by atoms with van der Waals surface area (Å²) >= 11 is 0. The molecule has 2 unspecified atom stereocenters. The van der Waals surface area contributed by atoms with E-state index in [9.17, 15) is 12.8 Å². The quantitative estimate of drug-likeness (QED) is 0.924. The molecule has 2 rings (SSSR count). The van der Waals surface area contributed by atoms with E-state index in [0.29, 0.717) is 24.2 Å². The summed E-state index contributed by atoms with van der Waals surface area (Å²) in [5.74, 6) is -0.129. The Balaban J connectivity index is 2.08. The van der Waals surface area contributed by atoms with E-state index in [1.165, 1.54) is 18.4 Å². The normalized spacial score (nSPS) is 23.6. The Bertz CT molecular complexity index is 571. The van der Waals surface area contributed by atoms with E-state index in [0.717, 1.165) is 12.8 Å². The summed E-state index contributed by atoms with van der Waals surface area (Å²) < 4.78 is 42.2. The molecule has 112 valence electrons. The van der Waals surface area contributed by atoms with Gasteiger partial charge in [0.25, 0.3) is 0 Å². The standard InChI is InChI=1S/C14H19FO4S/c1-20(17,18)14-4-2-3-12(8-14)19-13-6-10(9-16)5-11(15)7-13/h5-7,12,14,16H,2-4,8-9H2,1H3. The van der Waals surface area contributed by atoms with Crippen molar-refractivity contribution in [3.05, 3.63) is 29.6 Å². The molecule has 6 heteroatoms. The number of aliphatic hydroxyl groups is 1. The number of aliphatic hydroxyl groups excluding tert-OH is 1. The number of benzene rings is 1. The van der Waals surface area contributed by atoms with Crippen molar-refractivity contribution in [3.63, 3.8) is 0 Å². The SMILES string of the molecule is CS(=O)(=O)C1CCCC(Oc2cc(F)cc(CO)c2)C1. The van der Waals surface area contributed by atoms with Crippen LogP contribution in [0.25, 0.3) is 0 Å². The van der Waals surface area contributed by atoms with E-state index in [1.807, 2.05) is 0 Å². The van der Waals surface area contributed by atoms with Crippen LogP contribution in [0.5, 0.6) is 5.75 Å². The van der Waals surface area contributed by atoms with Crippen molar-refractivity contribution in [2.45, 2.75) is 43.6 Å². The number of halogens is 1. The van der Waals surface area contributed by atoms with Gasteiger partial charge in [0.2, 0.25) is 0 Å². The van der Waals surface area contributed by atoms with Crippen molar-refractivity contribution in [2.75, 3.05) is 6.26 Å². The van der Waals surface area contributed by atoms with Gasteiger partial charge in [-0.3, -0.25) is 0 Å². The summed E-state index contributed by atoms with van der Waals surface area (Å²) in [6, 6.07) is 4.07. The molecule has 0 radical (unpaired) electrons. The van der Waals surface area contributed by atoms with Gasteiger partial charge < -0.3 is 9.84 Å². The Morgan fingerprint density at radius 3 is 2.75 bits per heavy atom. The second-order valence-electron chi connectivity index (χ2n) is 5.31. The predicted molar refractivity (Wildman–Crippen MR) is 73.8 cm³/mol. The van der Waals surface area contributed by atoms with Crippen molar-refractivity contribution < 1.29 is 22.7 Å². The van der Waals surface area contributed by atoms with Gasteiger partial charge >= 0.3 is 0 Å². The summed E-state index contributed by atoms with van der Waals surface area (Å²) in [7, 11) is -3.07. The number of rotatable bonds is 4. The minimum absolute atomic E-state index is 0.225. The molecule has 2 atom stereocenters. The maximum absolute atomic E-state index is 13.3. The lowest BCUT2D eigenvalue weighted by Gasteiger charge is -2.28. The third-order valence-electron chi connectivity index (χ3n) is 3.60. The fraction of sp³-hybridized carbons (Fsp3) is 0.571. The van der Waals surface area contributed by atoms with Crippen molar-refractivity contribution >= 4 is 9.84 Å². The molecule has 1 aromatic rings. The van der Waals surface area contributed by atoms with Crippen LogP contribution in [-0.4, -0.2) is 31.1 Å². The molecule has 1 aliphatic rings. The Labute approximate surface area is 118 Å². The Hall–Kier alpha value is -1.14. The molecule has 0 aliphatic heterocycles. The van der Waals surface area contributed by atoms with Crippen LogP contribution >= 0.6 is 0 Å². The molecule has 0 bridgehead atoms. The Morgan fingerprint density at radius 2 is 2.10 bits per heavy atom. The zero-order valence-electron chi connectivity index (χ0n) is 11.4. The fourth-order valence-corrected chi connectivity index (χ4v) is 3.73. The van der Waals surface area contributed by atoms with Gasteiger partial charge in [-0.15, -0.1) is 0 Å². The third-order valence-corrected chi connectivity index (χ3v) is 5.24. The average molecular weight is 302 g/mol. The molecular weight excluding hydrogens is 283 g/mol. The van der Waals surface area contributed by atoms with Gasteiger partial charge in [0.1, 0.15) is 21.4 Å². The maximum Gasteiger partial charge on any atom is 0.150 e. The molecule has 1 aliphatic carbocycles. The van der Waals surface area contributed by atoms with E-state index in [1.54, 1.807) is 6.07 Å². The molecule has 4 nitrogen and oxygen atoms in total. The molecule has 0 aromatic heterocycles. The lowest BCUT2D eigenvalue weighted by atomic mass is 9.97. The van der Waals surface area contributed by atoms with Crippen LogP contribution in [0.15, 0.2) is 18.2 Å². The molecule has 1 saturated carbocycles. The van der Waals surface area contributed by atoms with Gasteiger partial charge in [-0.25, -0.2) is 12.8 Å². The van der Waals surface area contributed by atoms with E-state index < -0.39 is 15.7 Å². The minimum atomic E-state index is -3.07. The van der Waals surface area contributed by atoms with E-state index in [-0.39, 0.29) is 18.0 Å². The van der Waals surface area contributed by atoms with Gasteiger partial charge in [0.05, 0.1) is 18.0 Å². The predicted octanol–water partition coefficient (Wildman–Crippen LogP) is 2.05. The second kappa shape index (κ2) is 6.10. The molecule has 20 heavy (non-hydrogen) atoms. The average Bonchev–Trinajstić information content (AvgIpc) is 2.37. The largest absolute Gasteiger partial charge is 0.490 e. The Kier molecular flexibility index (Phi) is 4.65. The number of sulfone groups is 1. The highest BCUT2D eigenvalue weighted by atomic mass is 32.2. The van der Waals surface area contributed by atoms with E-state index in [2.05, 4.69) is 0 Å². The van der Waals surface area contributed by atoms with Crippen molar-refractivity contribution in [2.24, 2.45) is 0 Å². The summed E-state index contributed by atoms with van der Waals surface area (Å²) in [5, 5.41) is 8.66. The lowest BCUT2D eigenvalue weighted by Crippen LogP contribution is -2.33. The van der Waals surface area contributed by atoms with Crippen molar-refractivity contribution in [1.29, 1.82) is 0 Å². The molecule has 1 aromatic carbocycles. The first-order valence-corrected chi connectivity index (χ1v) is 8.60. The van der Waals surface area contributed by atoms with Crippen LogP contribution in [0.1, 0.15) is 31.2 Å². The van der Waals surface area contributed by atoms with E-state index in [4.69, 9.17) is 9.84 Å². The highest BCUT2D eigenvalue weighted by Gasteiger charge is 2.30. The van der Waals surface area contributed by atoms with Gasteiger partial charge in [0, 0.05) is 18.7 Å². The Morgan fingerprint density at radius 1 is 1.35 bits per heavy atom. The zero-order chi connectivity index (χ0) is 14.8. The van der Waals surface area contributed by atoms with Gasteiger partial charge in [0.15, 0.2) is 0 Å². The number of ether oxygens (including phenoxy) is 1. The topological polar surface area (TPSA) is 63.6 Å². The maximum atomic E-state index is 13.3. The van der Waals surface area contributed by atoms with Crippen LogP contribution < -0.4 is 4.74 Å². The minimum Gasteiger partial charge on any atom is -0.490 e. The van der Waals surface area contributed by atoms with Crippen LogP contribution in [0.2, 0.25) is 0 Å². The zero-order valence-corrected chi connectivity index (χ0v) is 12.2. The summed E-state index contributed by atoms with van der Waals surface area (Å²) in [6.45, 7) is -0.259. The van der Waals surface area contributed by atoms with Crippen LogP contribution in [0.3, 0.4) is 0 Å². The summed E-state index contributed by atoms with van der Waals surface area (Å²) in [5.41, 5.74) is 0.440. The molecular formula is C14H19FO4S. The van der Waals surface area contributed by atoms with Gasteiger partial charge in [-0.05, 0) is 37.0 Å². The molecule has 0 saturated heterocycles. The van der Waals surface area contributed by atoms with Crippen molar-refractivity contribution in [1.82, 2.24) is 0 Å². The van der Waals surface area contributed by atoms with Gasteiger partial charge in [-0.2, -0.15) is 0 Å². The highest BCUT2D eigenvalue weighted by molar-refractivity contribution is 7.91. The molecule has 0 spiro atoms. The van der Waals surface area contributed by atoms with E-state index >= 15 is 0 Å². The summed E-state index contributed by atoms with van der Waals surface area (Å²) in [6.07, 6.45) is 3.65. The first-order valence-electron chi connectivity index (χ1n) is 6.64. The monoisotopic (exact) mass is 302 g/mol. The number of hydrogen-bond acceptors (Lipinski definition) is 4. The lowest BCUT2D eigenvalue weighted by molar-refractivity contribution is 0.155. The highest BCUT2D eigenvalue weighted by Crippen LogP contribution is 2.28. The molecule has 0 heterocycles. The molecule has 1 N–H and O–H groups in total. The first-order chi connectivity index (χ1) is 9.38. The van der Waals surface area contributed by atoms with Crippen LogP contribution in [-0.2, 0) is 16.4 Å². The smallest absolute Gasteiger partial charge is 0.150 e. The third kappa shape index (κ3) is 3.93. The van der Waals surface area contributed by atoms with Crippen molar-refractivity contribution in [3.8, 4) is 5.75 Å². The number of hydrogen-bond donors (Lipinski definition) is 1. The first kappa shape index (κ1) is 15.3. The molecule has 0 amide bonds. The fourth-order valence-electron chi connectivity index (χ4n) is 2.57. The summed E-state index contributed by atoms with van der Waals surface area (Å²) in [4.78, 5) is 0.